The molecule has 0 bridgehead atoms. The number of hydrazone groups is 1. The van der Waals surface area contributed by atoms with Crippen LogP contribution >= 0.6 is 31.9 Å². The van der Waals surface area contributed by atoms with Gasteiger partial charge in [-0.2, -0.15) is 5.10 Å². The maximum atomic E-state index is 11.7. The number of hydrogen-bond acceptors (Lipinski definition) is 6. The molecule has 2 aromatic rings. The number of amides is 1. The van der Waals surface area contributed by atoms with Crippen LogP contribution in [0.5, 0.6) is 11.5 Å². The number of benzene rings is 2. The maximum Gasteiger partial charge on any atom is 0.310 e. The zero-order chi connectivity index (χ0) is 18.4. The van der Waals surface area contributed by atoms with Gasteiger partial charge in [0.2, 0.25) is 0 Å². The molecule has 0 aliphatic rings. The SMILES string of the molecule is O=C(COc1ccccc1[N+](=O)[O-])N/N=C/c1cc(Br)cc(Br)c1O. The van der Waals surface area contributed by atoms with Gasteiger partial charge in [-0.25, -0.2) is 5.43 Å². The van der Waals surface area contributed by atoms with Crippen LogP contribution in [0.3, 0.4) is 0 Å². The summed E-state index contributed by atoms with van der Waals surface area (Å²) in [5, 5.41) is 24.4. The van der Waals surface area contributed by atoms with E-state index < -0.39 is 17.4 Å². The van der Waals surface area contributed by atoms with E-state index in [1.54, 1.807) is 18.2 Å². The fourth-order valence-corrected chi connectivity index (χ4v) is 3.02. The molecule has 0 aromatic heterocycles. The van der Waals surface area contributed by atoms with Crippen LogP contribution in [0.25, 0.3) is 0 Å². The second-order valence-electron chi connectivity index (χ2n) is 4.63. The van der Waals surface area contributed by atoms with E-state index in [0.717, 1.165) is 0 Å². The highest BCUT2D eigenvalue weighted by atomic mass is 79.9. The Morgan fingerprint density at radius 2 is 2.08 bits per heavy atom. The van der Waals surface area contributed by atoms with Gasteiger partial charge in [0.15, 0.2) is 12.4 Å². The minimum absolute atomic E-state index is 0.0137. The van der Waals surface area contributed by atoms with Gasteiger partial charge in [0.05, 0.1) is 15.6 Å². The summed E-state index contributed by atoms with van der Waals surface area (Å²) in [4.78, 5) is 22.0. The third-order valence-corrected chi connectivity index (χ3v) is 3.93. The van der Waals surface area contributed by atoms with Crippen LogP contribution in [0.15, 0.2) is 50.4 Å². The number of para-hydroxylation sites is 2. The summed E-state index contributed by atoms with van der Waals surface area (Å²) in [6, 6.07) is 9.00. The van der Waals surface area contributed by atoms with E-state index in [9.17, 15) is 20.0 Å². The van der Waals surface area contributed by atoms with E-state index in [-0.39, 0.29) is 17.2 Å². The largest absolute Gasteiger partial charge is 0.506 e. The number of phenolic OH excluding ortho intramolecular Hbond substituents is 1. The normalized spacial score (nSPS) is 10.6. The molecule has 8 nitrogen and oxygen atoms in total. The number of carbonyl (C=O) groups is 1. The van der Waals surface area contributed by atoms with Crippen LogP contribution in [0.4, 0.5) is 5.69 Å². The number of rotatable bonds is 6. The number of phenols is 1. The molecule has 2 rings (SSSR count). The predicted octanol–water partition coefficient (Wildman–Crippen LogP) is 3.35. The van der Waals surface area contributed by atoms with E-state index in [0.29, 0.717) is 14.5 Å². The summed E-state index contributed by atoms with van der Waals surface area (Å²) in [5.74, 6) is -0.652. The van der Waals surface area contributed by atoms with Crippen molar-refractivity contribution >= 4 is 49.7 Å². The number of nitro benzene ring substituents is 1. The molecule has 0 aliphatic carbocycles. The van der Waals surface area contributed by atoms with Crippen molar-refractivity contribution in [2.45, 2.75) is 0 Å². The molecule has 0 fully saturated rings. The molecule has 0 saturated carbocycles. The first-order chi connectivity index (χ1) is 11.9. The lowest BCUT2D eigenvalue weighted by atomic mass is 10.2. The van der Waals surface area contributed by atoms with Gasteiger partial charge in [0.1, 0.15) is 5.75 Å². The van der Waals surface area contributed by atoms with E-state index in [1.165, 1.54) is 24.4 Å². The van der Waals surface area contributed by atoms with Crippen molar-refractivity contribution in [3.05, 3.63) is 61.0 Å². The summed E-state index contributed by atoms with van der Waals surface area (Å²) < 4.78 is 6.31. The number of ether oxygens (including phenoxy) is 1. The minimum Gasteiger partial charge on any atom is -0.506 e. The zero-order valence-electron chi connectivity index (χ0n) is 12.5. The molecule has 0 aliphatic heterocycles. The molecule has 25 heavy (non-hydrogen) atoms. The number of nitrogens with one attached hydrogen (secondary N) is 1. The second kappa shape index (κ2) is 8.58. The van der Waals surface area contributed by atoms with E-state index >= 15 is 0 Å². The molecule has 1 amide bonds. The molecule has 0 radical (unpaired) electrons. The van der Waals surface area contributed by atoms with Crippen molar-refractivity contribution in [3.63, 3.8) is 0 Å². The predicted molar refractivity (Wildman–Crippen MR) is 97.8 cm³/mol. The van der Waals surface area contributed by atoms with Crippen molar-refractivity contribution in [1.29, 1.82) is 0 Å². The highest BCUT2D eigenvalue weighted by Crippen LogP contribution is 2.30. The topological polar surface area (TPSA) is 114 Å². The molecule has 0 atom stereocenters. The minimum atomic E-state index is -0.608. The number of nitrogens with zero attached hydrogens (tertiary/aromatic N) is 2. The van der Waals surface area contributed by atoms with Crippen molar-refractivity contribution in [2.75, 3.05) is 6.61 Å². The average molecular weight is 473 g/mol. The number of nitro groups is 1. The molecule has 0 unspecified atom stereocenters. The van der Waals surface area contributed by atoms with Crippen LogP contribution in [-0.4, -0.2) is 28.8 Å². The van der Waals surface area contributed by atoms with Crippen LogP contribution in [0.2, 0.25) is 0 Å². The summed E-state index contributed by atoms with van der Waals surface area (Å²) in [5.41, 5.74) is 2.35. The van der Waals surface area contributed by atoms with E-state index in [1.807, 2.05) is 0 Å². The first-order valence-electron chi connectivity index (χ1n) is 6.74. The van der Waals surface area contributed by atoms with Gasteiger partial charge < -0.3 is 9.84 Å². The van der Waals surface area contributed by atoms with Gasteiger partial charge in [-0.3, -0.25) is 14.9 Å². The lowest BCUT2D eigenvalue weighted by Crippen LogP contribution is -2.24. The molecule has 130 valence electrons. The van der Waals surface area contributed by atoms with Gasteiger partial charge >= 0.3 is 5.69 Å². The third-order valence-electron chi connectivity index (χ3n) is 2.87. The summed E-state index contributed by atoms with van der Waals surface area (Å²) in [6.07, 6.45) is 1.26. The van der Waals surface area contributed by atoms with Crippen molar-refractivity contribution in [3.8, 4) is 11.5 Å². The van der Waals surface area contributed by atoms with E-state index in [2.05, 4.69) is 42.4 Å². The van der Waals surface area contributed by atoms with Gasteiger partial charge in [0.25, 0.3) is 5.91 Å². The molecule has 0 heterocycles. The first kappa shape index (κ1) is 18.9. The van der Waals surface area contributed by atoms with Crippen LogP contribution in [0, 0.1) is 10.1 Å². The number of hydrogen-bond donors (Lipinski definition) is 2. The smallest absolute Gasteiger partial charge is 0.310 e. The second-order valence-corrected chi connectivity index (χ2v) is 6.40. The van der Waals surface area contributed by atoms with Crippen LogP contribution in [0.1, 0.15) is 5.56 Å². The molecule has 2 aromatic carbocycles. The summed E-state index contributed by atoms with van der Waals surface area (Å²) >= 11 is 6.45. The van der Waals surface area contributed by atoms with Gasteiger partial charge in [-0.05, 0) is 34.1 Å². The first-order valence-corrected chi connectivity index (χ1v) is 8.33. The fraction of sp³-hybridized carbons (Fsp3) is 0.0667. The number of aromatic hydroxyl groups is 1. The monoisotopic (exact) mass is 471 g/mol. The Kier molecular flexibility index (Phi) is 6.48. The standard InChI is InChI=1S/C15H11Br2N3O5/c16-10-5-9(15(22)11(17)6-10)7-18-19-14(21)8-25-13-4-2-1-3-12(13)20(23)24/h1-7,22H,8H2,(H,19,21)/b18-7+. The number of halogens is 2. The molecular formula is C15H11Br2N3O5. The summed E-state index contributed by atoms with van der Waals surface area (Å²) in [6.45, 7) is -0.448. The lowest BCUT2D eigenvalue weighted by molar-refractivity contribution is -0.385. The van der Waals surface area contributed by atoms with Gasteiger partial charge in [-0.1, -0.05) is 28.1 Å². The highest BCUT2D eigenvalue weighted by molar-refractivity contribution is 9.11. The zero-order valence-corrected chi connectivity index (χ0v) is 15.7. The Morgan fingerprint density at radius 1 is 1.36 bits per heavy atom. The van der Waals surface area contributed by atoms with E-state index in [4.69, 9.17) is 4.74 Å². The Labute approximate surface area is 158 Å². The van der Waals surface area contributed by atoms with Crippen molar-refractivity contribution in [2.24, 2.45) is 5.10 Å². The fourth-order valence-electron chi connectivity index (χ4n) is 1.76. The average Bonchev–Trinajstić information content (AvgIpc) is 2.57. The Morgan fingerprint density at radius 3 is 2.80 bits per heavy atom. The Balaban J connectivity index is 1.95. The lowest BCUT2D eigenvalue weighted by Gasteiger charge is -2.05. The molecule has 10 heteroatoms. The Hall–Kier alpha value is -2.46. The third kappa shape index (κ3) is 5.26. The number of carbonyl (C=O) groups excluding carboxylic acids is 1. The van der Waals surface area contributed by atoms with Gasteiger partial charge in [0, 0.05) is 16.1 Å². The van der Waals surface area contributed by atoms with Crippen molar-refractivity contribution < 1.29 is 19.6 Å². The van der Waals surface area contributed by atoms with Crippen LogP contribution in [-0.2, 0) is 4.79 Å². The molecule has 0 saturated heterocycles. The summed E-state index contributed by atoms with van der Waals surface area (Å²) in [7, 11) is 0. The van der Waals surface area contributed by atoms with Gasteiger partial charge in [-0.15, -0.1) is 0 Å². The van der Waals surface area contributed by atoms with Crippen molar-refractivity contribution in [1.82, 2.24) is 5.43 Å². The maximum absolute atomic E-state index is 11.7. The highest BCUT2D eigenvalue weighted by Gasteiger charge is 2.14. The quantitative estimate of drug-likeness (QED) is 0.380. The van der Waals surface area contributed by atoms with Crippen LogP contribution < -0.4 is 10.2 Å². The molecular weight excluding hydrogens is 462 g/mol. The molecule has 2 N–H and O–H groups in total. The molecule has 0 spiro atoms. The Bertz CT molecular complexity index is 842.